The molecule has 0 saturated heterocycles. The molecule has 0 aliphatic carbocycles. The molecule has 4 heteroatoms. The van der Waals surface area contributed by atoms with Gasteiger partial charge in [-0.3, -0.25) is 9.78 Å². The van der Waals surface area contributed by atoms with Gasteiger partial charge < -0.3 is 4.74 Å². The van der Waals surface area contributed by atoms with Crippen LogP contribution in [0.3, 0.4) is 0 Å². The van der Waals surface area contributed by atoms with Gasteiger partial charge in [0.15, 0.2) is 0 Å². The van der Waals surface area contributed by atoms with E-state index in [1.807, 2.05) is 37.3 Å². The summed E-state index contributed by atoms with van der Waals surface area (Å²) in [4.78, 5) is 21.0. The molecule has 0 saturated carbocycles. The molecule has 0 spiro atoms. The number of nitrogens with zero attached hydrogens (tertiary/aromatic N) is 2. The van der Waals surface area contributed by atoms with Crippen molar-refractivity contribution in [3.63, 3.8) is 0 Å². The van der Waals surface area contributed by atoms with Crippen LogP contribution >= 0.6 is 0 Å². The smallest absolute Gasteiger partial charge is 0.213 e. The van der Waals surface area contributed by atoms with Crippen molar-refractivity contribution < 1.29 is 9.53 Å². The van der Waals surface area contributed by atoms with Crippen molar-refractivity contribution in [3.8, 4) is 5.75 Å². The maximum atomic E-state index is 12.6. The first-order chi connectivity index (χ1) is 10.2. The number of aryl methyl sites for hydroxylation is 1. The van der Waals surface area contributed by atoms with Crippen LogP contribution in [0.4, 0.5) is 0 Å². The summed E-state index contributed by atoms with van der Waals surface area (Å²) in [6.45, 7) is 1.98. The second-order valence-corrected chi connectivity index (χ2v) is 4.78. The Hall–Kier alpha value is -2.75. The molecule has 21 heavy (non-hydrogen) atoms. The van der Waals surface area contributed by atoms with Crippen LogP contribution in [0.2, 0.25) is 0 Å². The molecule has 2 heterocycles. The first kappa shape index (κ1) is 13.2. The molecule has 0 N–H and O–H groups in total. The summed E-state index contributed by atoms with van der Waals surface area (Å²) in [7, 11) is 1.55. The maximum Gasteiger partial charge on any atom is 0.213 e. The summed E-state index contributed by atoms with van der Waals surface area (Å²) >= 11 is 0. The molecular formula is C17H14N2O2. The van der Waals surface area contributed by atoms with E-state index in [2.05, 4.69) is 9.97 Å². The number of para-hydroxylation sites is 1. The zero-order valence-corrected chi connectivity index (χ0v) is 11.8. The van der Waals surface area contributed by atoms with Crippen molar-refractivity contribution >= 4 is 16.7 Å². The molecule has 1 aromatic carbocycles. The lowest BCUT2D eigenvalue weighted by atomic mass is 10.0. The fourth-order valence-electron chi connectivity index (χ4n) is 2.27. The van der Waals surface area contributed by atoms with Crippen LogP contribution in [0.1, 0.15) is 21.6 Å². The molecule has 0 fully saturated rings. The van der Waals surface area contributed by atoms with Gasteiger partial charge in [0.25, 0.3) is 0 Å². The molecular weight excluding hydrogens is 264 g/mol. The predicted molar refractivity (Wildman–Crippen MR) is 80.7 cm³/mol. The standard InChI is InChI=1S/C17H14N2O2/c1-11-7-16(19-15-6-4-3-5-14(11)15)17(20)12-8-13(21-2)10-18-9-12/h3-10H,1-2H3. The van der Waals surface area contributed by atoms with Crippen LogP contribution in [-0.4, -0.2) is 22.9 Å². The van der Waals surface area contributed by atoms with Gasteiger partial charge >= 0.3 is 0 Å². The van der Waals surface area contributed by atoms with Gasteiger partial charge in [0, 0.05) is 17.1 Å². The number of ether oxygens (including phenoxy) is 1. The summed E-state index contributed by atoms with van der Waals surface area (Å²) < 4.78 is 5.10. The number of methoxy groups -OCH3 is 1. The Morgan fingerprint density at radius 2 is 1.95 bits per heavy atom. The fraction of sp³-hybridized carbons (Fsp3) is 0.118. The summed E-state index contributed by atoms with van der Waals surface area (Å²) in [5.74, 6) is 0.397. The number of rotatable bonds is 3. The lowest BCUT2D eigenvalue weighted by molar-refractivity contribution is 0.103. The minimum atomic E-state index is -0.157. The summed E-state index contributed by atoms with van der Waals surface area (Å²) in [6, 6.07) is 11.3. The molecule has 0 aliphatic rings. The molecule has 0 amide bonds. The van der Waals surface area contributed by atoms with E-state index in [0.717, 1.165) is 16.5 Å². The summed E-state index contributed by atoms with van der Waals surface area (Å²) in [5.41, 5.74) is 2.73. The maximum absolute atomic E-state index is 12.6. The van der Waals surface area contributed by atoms with Crippen LogP contribution < -0.4 is 4.74 Å². The van der Waals surface area contributed by atoms with Gasteiger partial charge in [-0.15, -0.1) is 0 Å². The molecule has 0 unspecified atom stereocenters. The van der Waals surface area contributed by atoms with Crippen molar-refractivity contribution in [3.05, 3.63) is 65.6 Å². The van der Waals surface area contributed by atoms with Gasteiger partial charge in [-0.25, -0.2) is 4.98 Å². The van der Waals surface area contributed by atoms with E-state index in [4.69, 9.17) is 4.74 Å². The van der Waals surface area contributed by atoms with Crippen molar-refractivity contribution in [1.82, 2.24) is 9.97 Å². The number of fused-ring (bicyclic) bond motifs is 1. The molecule has 2 aromatic heterocycles. The molecule has 0 bridgehead atoms. The number of hydrogen-bond donors (Lipinski definition) is 0. The third-order valence-electron chi connectivity index (χ3n) is 3.37. The predicted octanol–water partition coefficient (Wildman–Crippen LogP) is 3.18. The Morgan fingerprint density at radius 1 is 1.14 bits per heavy atom. The Morgan fingerprint density at radius 3 is 2.76 bits per heavy atom. The molecule has 3 aromatic rings. The highest BCUT2D eigenvalue weighted by molar-refractivity contribution is 6.08. The van der Waals surface area contributed by atoms with Gasteiger partial charge in [0.2, 0.25) is 5.78 Å². The molecule has 0 atom stereocenters. The lowest BCUT2D eigenvalue weighted by Crippen LogP contribution is -2.06. The number of aromatic nitrogens is 2. The average molecular weight is 278 g/mol. The molecule has 104 valence electrons. The van der Waals surface area contributed by atoms with Crippen LogP contribution in [0.15, 0.2) is 48.8 Å². The number of hydrogen-bond acceptors (Lipinski definition) is 4. The van der Waals surface area contributed by atoms with Crippen molar-refractivity contribution in [1.29, 1.82) is 0 Å². The van der Waals surface area contributed by atoms with Crippen molar-refractivity contribution in [2.24, 2.45) is 0 Å². The number of benzene rings is 1. The normalized spacial score (nSPS) is 10.6. The Bertz CT molecular complexity index is 828. The largest absolute Gasteiger partial charge is 0.495 e. The van der Waals surface area contributed by atoms with E-state index in [9.17, 15) is 4.79 Å². The zero-order chi connectivity index (χ0) is 14.8. The van der Waals surface area contributed by atoms with Crippen LogP contribution in [0, 0.1) is 6.92 Å². The lowest BCUT2D eigenvalue weighted by Gasteiger charge is -2.06. The van der Waals surface area contributed by atoms with E-state index in [0.29, 0.717) is 17.0 Å². The Kier molecular flexibility index (Phi) is 3.36. The number of carbonyl (C=O) groups excluding carboxylic acids is 1. The second-order valence-electron chi connectivity index (χ2n) is 4.78. The van der Waals surface area contributed by atoms with Gasteiger partial charge in [-0.2, -0.15) is 0 Å². The zero-order valence-electron chi connectivity index (χ0n) is 11.8. The average Bonchev–Trinajstić information content (AvgIpc) is 2.54. The topological polar surface area (TPSA) is 52.1 Å². The third kappa shape index (κ3) is 2.48. The highest BCUT2D eigenvalue weighted by Gasteiger charge is 2.14. The van der Waals surface area contributed by atoms with Gasteiger partial charge in [0.05, 0.1) is 18.8 Å². The third-order valence-corrected chi connectivity index (χ3v) is 3.37. The van der Waals surface area contributed by atoms with Crippen molar-refractivity contribution in [2.75, 3.05) is 7.11 Å². The van der Waals surface area contributed by atoms with E-state index in [1.54, 1.807) is 19.4 Å². The van der Waals surface area contributed by atoms with Crippen LogP contribution in [0.5, 0.6) is 5.75 Å². The minimum absolute atomic E-state index is 0.157. The van der Waals surface area contributed by atoms with Crippen LogP contribution in [-0.2, 0) is 0 Å². The van der Waals surface area contributed by atoms with Gasteiger partial charge in [0.1, 0.15) is 11.4 Å². The van der Waals surface area contributed by atoms with E-state index < -0.39 is 0 Å². The number of pyridine rings is 2. The highest BCUT2D eigenvalue weighted by Crippen LogP contribution is 2.20. The first-order valence-corrected chi connectivity index (χ1v) is 6.59. The first-order valence-electron chi connectivity index (χ1n) is 6.59. The number of carbonyl (C=O) groups is 1. The van der Waals surface area contributed by atoms with Gasteiger partial charge in [-0.05, 0) is 30.7 Å². The Balaban J connectivity index is 2.09. The summed E-state index contributed by atoms with van der Waals surface area (Å²) in [5, 5.41) is 1.05. The fourth-order valence-corrected chi connectivity index (χ4v) is 2.27. The van der Waals surface area contributed by atoms with E-state index in [1.165, 1.54) is 6.20 Å². The highest BCUT2D eigenvalue weighted by atomic mass is 16.5. The van der Waals surface area contributed by atoms with E-state index in [-0.39, 0.29) is 5.78 Å². The van der Waals surface area contributed by atoms with E-state index >= 15 is 0 Å². The summed E-state index contributed by atoms with van der Waals surface area (Å²) in [6.07, 6.45) is 3.09. The van der Waals surface area contributed by atoms with Crippen molar-refractivity contribution in [2.45, 2.75) is 6.92 Å². The SMILES string of the molecule is COc1cncc(C(=O)c2cc(C)c3ccccc3n2)c1. The van der Waals surface area contributed by atoms with Crippen LogP contribution in [0.25, 0.3) is 10.9 Å². The monoisotopic (exact) mass is 278 g/mol. The Labute approximate surface area is 122 Å². The van der Waals surface area contributed by atoms with Gasteiger partial charge in [-0.1, -0.05) is 18.2 Å². The molecule has 4 nitrogen and oxygen atoms in total. The number of ketones is 1. The molecule has 3 rings (SSSR count). The second kappa shape index (κ2) is 5.32. The molecule has 0 aliphatic heterocycles. The molecule has 0 radical (unpaired) electrons. The quantitative estimate of drug-likeness (QED) is 0.690. The minimum Gasteiger partial charge on any atom is -0.495 e.